The van der Waals surface area contributed by atoms with Crippen LogP contribution in [0.2, 0.25) is 0 Å². The normalized spacial score (nSPS) is 11.9. The molecule has 0 saturated heterocycles. The summed E-state index contributed by atoms with van der Waals surface area (Å²) in [6, 6.07) is 12.6. The molecule has 1 unspecified atom stereocenters. The molecule has 2 rings (SSSR count). The fourth-order valence-corrected chi connectivity index (χ4v) is 2.02. The molecule has 2 nitrogen and oxygen atoms in total. The predicted molar refractivity (Wildman–Crippen MR) is 92.5 cm³/mol. The number of likely N-dealkylation sites (N-methyl/N-ethyl adjacent to an activating group) is 1. The minimum atomic E-state index is 0. The fraction of sp³-hybridized carbons (Fsp3) is 0.188. The van der Waals surface area contributed by atoms with Gasteiger partial charge in [-0.3, -0.25) is 4.98 Å². The van der Waals surface area contributed by atoms with Gasteiger partial charge in [-0.1, -0.05) is 40.2 Å². The SMILES string of the molecule is CC(C=Cc1ccc(Br)cc1)N(C)c1cccnc1.Cl. The van der Waals surface area contributed by atoms with Gasteiger partial charge in [0.2, 0.25) is 0 Å². The van der Waals surface area contributed by atoms with Crippen molar-refractivity contribution in [2.24, 2.45) is 0 Å². The number of aromatic nitrogens is 1. The Morgan fingerprint density at radius 3 is 2.50 bits per heavy atom. The van der Waals surface area contributed by atoms with Gasteiger partial charge in [-0.05, 0) is 36.8 Å². The van der Waals surface area contributed by atoms with Gasteiger partial charge in [0.25, 0.3) is 0 Å². The molecule has 0 saturated carbocycles. The van der Waals surface area contributed by atoms with Crippen molar-refractivity contribution in [3.05, 3.63) is 64.9 Å². The topological polar surface area (TPSA) is 16.1 Å². The number of nitrogens with zero attached hydrogens (tertiary/aromatic N) is 2. The summed E-state index contributed by atoms with van der Waals surface area (Å²) in [6.45, 7) is 2.17. The maximum absolute atomic E-state index is 4.15. The lowest BCUT2D eigenvalue weighted by molar-refractivity contribution is 0.823. The van der Waals surface area contributed by atoms with Gasteiger partial charge in [0.1, 0.15) is 0 Å². The van der Waals surface area contributed by atoms with Crippen LogP contribution in [-0.2, 0) is 0 Å². The van der Waals surface area contributed by atoms with Crippen LogP contribution in [0.4, 0.5) is 5.69 Å². The van der Waals surface area contributed by atoms with Crippen LogP contribution in [0, 0.1) is 0 Å². The van der Waals surface area contributed by atoms with Gasteiger partial charge in [-0.2, -0.15) is 0 Å². The zero-order valence-corrected chi connectivity index (χ0v) is 13.9. The maximum Gasteiger partial charge on any atom is 0.0555 e. The predicted octanol–water partition coefficient (Wildman–Crippen LogP) is 4.80. The highest BCUT2D eigenvalue weighted by Gasteiger charge is 2.06. The number of hydrogen-bond donors (Lipinski definition) is 0. The highest BCUT2D eigenvalue weighted by molar-refractivity contribution is 9.10. The largest absolute Gasteiger partial charge is 0.367 e. The van der Waals surface area contributed by atoms with Crippen molar-refractivity contribution in [1.29, 1.82) is 0 Å². The van der Waals surface area contributed by atoms with Crippen LogP contribution >= 0.6 is 28.3 Å². The van der Waals surface area contributed by atoms with Crippen molar-refractivity contribution in [2.75, 3.05) is 11.9 Å². The Hall–Kier alpha value is -1.32. The lowest BCUT2D eigenvalue weighted by atomic mass is 10.1. The van der Waals surface area contributed by atoms with Crippen LogP contribution in [0.1, 0.15) is 12.5 Å². The maximum atomic E-state index is 4.15. The van der Waals surface area contributed by atoms with Gasteiger partial charge in [0.05, 0.1) is 11.9 Å². The van der Waals surface area contributed by atoms with E-state index in [0.29, 0.717) is 6.04 Å². The molecule has 1 aromatic heterocycles. The summed E-state index contributed by atoms with van der Waals surface area (Å²) < 4.78 is 1.10. The second-order valence-corrected chi connectivity index (χ2v) is 5.39. The standard InChI is InChI=1S/C16H17BrN2.ClH/c1-13(19(2)16-4-3-11-18-12-16)5-6-14-7-9-15(17)10-8-14;/h3-13H,1-2H3;1H. The van der Waals surface area contributed by atoms with Crippen molar-refractivity contribution in [2.45, 2.75) is 13.0 Å². The first-order chi connectivity index (χ1) is 9.16. The Morgan fingerprint density at radius 1 is 1.20 bits per heavy atom. The van der Waals surface area contributed by atoms with E-state index in [9.17, 15) is 0 Å². The zero-order chi connectivity index (χ0) is 13.7. The third kappa shape index (κ3) is 4.66. The Bertz CT molecular complexity index is 540. The smallest absolute Gasteiger partial charge is 0.0555 e. The van der Waals surface area contributed by atoms with E-state index < -0.39 is 0 Å². The summed E-state index contributed by atoms with van der Waals surface area (Å²) in [5.41, 5.74) is 2.32. The van der Waals surface area contributed by atoms with Crippen molar-refractivity contribution < 1.29 is 0 Å². The zero-order valence-electron chi connectivity index (χ0n) is 11.5. The fourth-order valence-electron chi connectivity index (χ4n) is 1.75. The molecule has 0 spiro atoms. The van der Waals surface area contributed by atoms with Gasteiger partial charge in [-0.15, -0.1) is 12.4 Å². The number of benzene rings is 1. The summed E-state index contributed by atoms with van der Waals surface area (Å²) in [5, 5.41) is 0. The molecule has 106 valence electrons. The highest BCUT2D eigenvalue weighted by atomic mass is 79.9. The number of halogens is 2. The van der Waals surface area contributed by atoms with E-state index in [0.717, 1.165) is 10.2 Å². The molecule has 0 aliphatic rings. The van der Waals surface area contributed by atoms with Crippen LogP contribution in [0.5, 0.6) is 0 Å². The van der Waals surface area contributed by atoms with Crippen LogP contribution in [0.3, 0.4) is 0 Å². The molecule has 0 fully saturated rings. The summed E-state index contributed by atoms with van der Waals surface area (Å²) in [4.78, 5) is 6.34. The first kappa shape index (κ1) is 16.7. The first-order valence-corrected chi connectivity index (χ1v) is 7.03. The second-order valence-electron chi connectivity index (χ2n) is 4.47. The Balaban J connectivity index is 0.00000200. The van der Waals surface area contributed by atoms with E-state index in [1.165, 1.54) is 5.56 Å². The average molecular weight is 354 g/mol. The van der Waals surface area contributed by atoms with E-state index in [4.69, 9.17) is 0 Å². The van der Waals surface area contributed by atoms with E-state index in [1.807, 2.05) is 12.3 Å². The molecular weight excluding hydrogens is 336 g/mol. The monoisotopic (exact) mass is 352 g/mol. The Kier molecular flexibility index (Phi) is 6.76. The molecule has 1 aromatic carbocycles. The van der Waals surface area contributed by atoms with Crippen molar-refractivity contribution in [3.8, 4) is 0 Å². The minimum absolute atomic E-state index is 0. The molecule has 2 aromatic rings. The minimum Gasteiger partial charge on any atom is -0.367 e. The average Bonchev–Trinajstić information content (AvgIpc) is 2.46. The summed E-state index contributed by atoms with van der Waals surface area (Å²) in [6.07, 6.45) is 8.00. The molecule has 0 radical (unpaired) electrons. The molecule has 0 bridgehead atoms. The van der Waals surface area contributed by atoms with Crippen LogP contribution in [-0.4, -0.2) is 18.1 Å². The van der Waals surface area contributed by atoms with Gasteiger partial charge < -0.3 is 4.90 Å². The Morgan fingerprint density at radius 2 is 1.90 bits per heavy atom. The molecule has 0 amide bonds. The third-order valence-corrected chi connectivity index (χ3v) is 3.63. The van der Waals surface area contributed by atoms with Crippen molar-refractivity contribution >= 4 is 40.1 Å². The second kappa shape index (κ2) is 8.08. The van der Waals surface area contributed by atoms with Gasteiger partial charge in [-0.25, -0.2) is 0 Å². The van der Waals surface area contributed by atoms with Gasteiger partial charge in [0.15, 0.2) is 0 Å². The molecule has 4 heteroatoms. The van der Waals surface area contributed by atoms with Gasteiger partial charge in [0, 0.05) is 23.8 Å². The molecule has 0 N–H and O–H groups in total. The van der Waals surface area contributed by atoms with Crippen molar-refractivity contribution in [1.82, 2.24) is 4.98 Å². The number of hydrogen-bond acceptors (Lipinski definition) is 2. The summed E-state index contributed by atoms with van der Waals surface area (Å²) in [7, 11) is 2.08. The van der Waals surface area contributed by atoms with E-state index in [-0.39, 0.29) is 12.4 Å². The Labute approximate surface area is 135 Å². The van der Waals surface area contributed by atoms with Crippen LogP contribution < -0.4 is 4.90 Å². The molecule has 0 aliphatic carbocycles. The summed E-state index contributed by atoms with van der Waals surface area (Å²) in [5.74, 6) is 0. The van der Waals surface area contributed by atoms with Crippen LogP contribution in [0.15, 0.2) is 59.3 Å². The van der Waals surface area contributed by atoms with E-state index >= 15 is 0 Å². The quantitative estimate of drug-likeness (QED) is 0.784. The van der Waals surface area contributed by atoms with Gasteiger partial charge >= 0.3 is 0 Å². The van der Waals surface area contributed by atoms with Crippen LogP contribution in [0.25, 0.3) is 6.08 Å². The highest BCUT2D eigenvalue weighted by Crippen LogP contribution is 2.15. The third-order valence-electron chi connectivity index (χ3n) is 3.10. The molecule has 0 aliphatic heterocycles. The lowest BCUT2D eigenvalue weighted by Crippen LogP contribution is -2.26. The van der Waals surface area contributed by atoms with E-state index in [2.05, 4.69) is 82.3 Å². The molecule has 20 heavy (non-hydrogen) atoms. The summed E-state index contributed by atoms with van der Waals surface area (Å²) >= 11 is 3.44. The van der Waals surface area contributed by atoms with E-state index in [1.54, 1.807) is 6.20 Å². The number of pyridine rings is 1. The van der Waals surface area contributed by atoms with Crippen molar-refractivity contribution in [3.63, 3.8) is 0 Å². The molecular formula is C16H18BrClN2. The number of rotatable bonds is 4. The first-order valence-electron chi connectivity index (χ1n) is 6.23. The molecule has 1 heterocycles. The lowest BCUT2D eigenvalue weighted by Gasteiger charge is -2.24. The number of anilines is 1. The molecule has 1 atom stereocenters.